The third kappa shape index (κ3) is 2.94. The number of thiophene rings is 1. The number of nitrogens with two attached hydrogens (primary N) is 1. The fourth-order valence-corrected chi connectivity index (χ4v) is 2.60. The molecule has 2 N–H and O–H groups in total. The lowest BCUT2D eigenvalue weighted by Gasteiger charge is -2.04. The summed E-state index contributed by atoms with van der Waals surface area (Å²) in [5.74, 6) is 0. The van der Waals surface area contributed by atoms with Gasteiger partial charge in [0.1, 0.15) is 0 Å². The summed E-state index contributed by atoms with van der Waals surface area (Å²) in [5, 5.41) is 2.09. The van der Waals surface area contributed by atoms with Crippen molar-refractivity contribution in [3.63, 3.8) is 0 Å². The average Bonchev–Trinajstić information content (AvgIpc) is 2.85. The van der Waals surface area contributed by atoms with E-state index in [0.717, 1.165) is 13.0 Å². The van der Waals surface area contributed by atoms with E-state index in [1.165, 1.54) is 21.6 Å². The second-order valence-corrected chi connectivity index (χ2v) is 4.90. The minimum absolute atomic E-state index is 0.610. The van der Waals surface area contributed by atoms with Crippen LogP contribution in [0.15, 0.2) is 35.7 Å². The highest BCUT2D eigenvalue weighted by molar-refractivity contribution is 7.10. The maximum absolute atomic E-state index is 5.72. The second kappa shape index (κ2) is 5.96. The topological polar surface area (TPSA) is 35.2 Å². The summed E-state index contributed by atoms with van der Waals surface area (Å²) in [6.45, 7) is 1.38. The molecule has 1 heterocycles. The van der Waals surface area contributed by atoms with Gasteiger partial charge < -0.3 is 10.5 Å². The Morgan fingerprint density at radius 3 is 2.59 bits per heavy atom. The summed E-state index contributed by atoms with van der Waals surface area (Å²) in [6.07, 6.45) is 0.962. The van der Waals surface area contributed by atoms with Crippen LogP contribution in [0.3, 0.4) is 0 Å². The number of hydrogen-bond donors (Lipinski definition) is 1. The lowest BCUT2D eigenvalue weighted by molar-refractivity contribution is 0.202. The van der Waals surface area contributed by atoms with Crippen LogP contribution in [-0.2, 0) is 17.7 Å². The first-order valence-corrected chi connectivity index (χ1v) is 6.58. The highest BCUT2D eigenvalue weighted by Crippen LogP contribution is 2.28. The number of hydrogen-bond acceptors (Lipinski definition) is 3. The molecule has 2 rings (SSSR count). The molecular weight excluding hydrogens is 230 g/mol. The van der Waals surface area contributed by atoms with Crippen LogP contribution in [0.5, 0.6) is 0 Å². The van der Waals surface area contributed by atoms with Gasteiger partial charge in [-0.1, -0.05) is 24.3 Å². The first-order chi connectivity index (χ1) is 8.35. The summed E-state index contributed by atoms with van der Waals surface area (Å²) >= 11 is 1.72. The molecule has 0 spiro atoms. The van der Waals surface area contributed by atoms with Gasteiger partial charge in [-0.3, -0.25) is 0 Å². The van der Waals surface area contributed by atoms with Gasteiger partial charge in [-0.25, -0.2) is 0 Å². The third-order valence-electron chi connectivity index (χ3n) is 2.79. The highest BCUT2D eigenvalue weighted by Gasteiger charge is 2.05. The molecule has 0 aliphatic carbocycles. The van der Waals surface area contributed by atoms with Crippen molar-refractivity contribution in [3.8, 4) is 11.1 Å². The van der Waals surface area contributed by atoms with E-state index >= 15 is 0 Å². The Bertz CT molecular complexity index is 461. The molecule has 0 bridgehead atoms. The van der Waals surface area contributed by atoms with E-state index < -0.39 is 0 Å². The molecule has 17 heavy (non-hydrogen) atoms. The normalized spacial score (nSPS) is 10.7. The number of rotatable bonds is 5. The monoisotopic (exact) mass is 247 g/mol. The van der Waals surface area contributed by atoms with Crippen molar-refractivity contribution in [3.05, 3.63) is 46.2 Å². The molecule has 0 aliphatic rings. The Labute approximate surface area is 106 Å². The fraction of sp³-hybridized carbons (Fsp3) is 0.286. The highest BCUT2D eigenvalue weighted by atomic mass is 32.1. The van der Waals surface area contributed by atoms with Gasteiger partial charge in [-0.2, -0.15) is 0 Å². The Balaban J connectivity index is 2.17. The summed E-state index contributed by atoms with van der Waals surface area (Å²) in [4.78, 5) is 1.25. The predicted octanol–water partition coefficient (Wildman–Crippen LogP) is 3.06. The fourth-order valence-electron chi connectivity index (χ4n) is 1.83. The Kier molecular flexibility index (Phi) is 4.31. The lowest BCUT2D eigenvalue weighted by atomic mass is 10.0. The van der Waals surface area contributed by atoms with Crippen molar-refractivity contribution in [1.82, 2.24) is 0 Å². The van der Waals surface area contributed by atoms with Crippen LogP contribution in [0.2, 0.25) is 0 Å². The van der Waals surface area contributed by atoms with Gasteiger partial charge in [0.25, 0.3) is 0 Å². The first-order valence-electron chi connectivity index (χ1n) is 5.70. The molecule has 2 nitrogen and oxygen atoms in total. The van der Waals surface area contributed by atoms with E-state index in [1.54, 1.807) is 18.4 Å². The molecule has 0 saturated carbocycles. The van der Waals surface area contributed by atoms with Gasteiger partial charge in [0.05, 0.1) is 6.61 Å². The zero-order valence-corrected chi connectivity index (χ0v) is 10.8. The van der Waals surface area contributed by atoms with Crippen LogP contribution in [0.1, 0.15) is 10.4 Å². The largest absolute Gasteiger partial charge is 0.384 e. The van der Waals surface area contributed by atoms with Gasteiger partial charge in [-0.15, -0.1) is 11.3 Å². The minimum Gasteiger partial charge on any atom is -0.384 e. The van der Waals surface area contributed by atoms with Crippen molar-refractivity contribution in [2.45, 2.75) is 13.0 Å². The van der Waals surface area contributed by atoms with E-state index in [1.807, 2.05) is 0 Å². The van der Waals surface area contributed by atoms with Gasteiger partial charge >= 0.3 is 0 Å². The number of benzene rings is 1. The summed E-state index contributed by atoms with van der Waals surface area (Å²) < 4.78 is 5.07. The van der Waals surface area contributed by atoms with E-state index in [0.29, 0.717) is 6.54 Å². The molecule has 90 valence electrons. The van der Waals surface area contributed by atoms with Crippen LogP contribution in [-0.4, -0.2) is 13.7 Å². The third-order valence-corrected chi connectivity index (χ3v) is 3.73. The molecule has 3 heteroatoms. The predicted molar refractivity (Wildman–Crippen MR) is 73.2 cm³/mol. The summed E-state index contributed by atoms with van der Waals surface area (Å²) in [6, 6.07) is 10.8. The zero-order chi connectivity index (χ0) is 12.1. The maximum Gasteiger partial charge on any atom is 0.0502 e. The van der Waals surface area contributed by atoms with E-state index in [9.17, 15) is 0 Å². The van der Waals surface area contributed by atoms with Crippen molar-refractivity contribution in [1.29, 1.82) is 0 Å². The first kappa shape index (κ1) is 12.3. The molecule has 0 unspecified atom stereocenters. The minimum atomic E-state index is 0.610. The van der Waals surface area contributed by atoms with Gasteiger partial charge in [0, 0.05) is 18.5 Å². The number of methoxy groups -OCH3 is 1. The van der Waals surface area contributed by atoms with E-state index in [4.69, 9.17) is 10.5 Å². The van der Waals surface area contributed by atoms with Crippen LogP contribution in [0.25, 0.3) is 11.1 Å². The maximum atomic E-state index is 5.72. The SMILES string of the molecule is COCCc1ccc(-c2ccsc2CN)cc1. The zero-order valence-electron chi connectivity index (χ0n) is 9.98. The van der Waals surface area contributed by atoms with Crippen molar-refractivity contribution in [2.24, 2.45) is 5.73 Å². The van der Waals surface area contributed by atoms with Crippen molar-refractivity contribution >= 4 is 11.3 Å². The quantitative estimate of drug-likeness (QED) is 0.881. The average molecular weight is 247 g/mol. The molecular formula is C14H17NOS. The smallest absolute Gasteiger partial charge is 0.0502 e. The summed E-state index contributed by atoms with van der Waals surface area (Å²) in [7, 11) is 1.73. The molecule has 0 radical (unpaired) electrons. The molecule has 0 amide bonds. The molecule has 1 aromatic carbocycles. The Morgan fingerprint density at radius 2 is 1.94 bits per heavy atom. The van der Waals surface area contributed by atoms with Crippen molar-refractivity contribution < 1.29 is 4.74 Å². The van der Waals surface area contributed by atoms with E-state index in [-0.39, 0.29) is 0 Å². The molecule has 1 aromatic heterocycles. The Hall–Kier alpha value is -1.16. The van der Waals surface area contributed by atoms with Crippen LogP contribution >= 0.6 is 11.3 Å². The molecule has 0 atom stereocenters. The standard InChI is InChI=1S/C14H17NOS/c1-16-8-6-11-2-4-12(5-3-11)13-7-9-17-14(13)10-15/h2-5,7,9H,6,8,10,15H2,1H3. The van der Waals surface area contributed by atoms with Gasteiger partial charge in [-0.05, 0) is 34.6 Å². The van der Waals surface area contributed by atoms with Crippen LogP contribution in [0, 0.1) is 0 Å². The second-order valence-electron chi connectivity index (χ2n) is 3.90. The molecule has 0 fully saturated rings. The van der Waals surface area contributed by atoms with E-state index in [2.05, 4.69) is 35.7 Å². The number of ether oxygens (including phenoxy) is 1. The van der Waals surface area contributed by atoms with Gasteiger partial charge in [0.15, 0.2) is 0 Å². The molecule has 0 aliphatic heterocycles. The lowest BCUT2D eigenvalue weighted by Crippen LogP contribution is -1.96. The summed E-state index contributed by atoms with van der Waals surface area (Å²) in [5.41, 5.74) is 9.53. The van der Waals surface area contributed by atoms with Crippen LogP contribution < -0.4 is 5.73 Å². The molecule has 2 aromatic rings. The van der Waals surface area contributed by atoms with Crippen LogP contribution in [0.4, 0.5) is 0 Å². The molecule has 0 saturated heterocycles. The van der Waals surface area contributed by atoms with Crippen molar-refractivity contribution in [2.75, 3.05) is 13.7 Å². The Morgan fingerprint density at radius 1 is 1.18 bits per heavy atom. The van der Waals surface area contributed by atoms with Gasteiger partial charge in [0.2, 0.25) is 0 Å².